The van der Waals surface area contributed by atoms with Crippen molar-refractivity contribution >= 4 is 28.9 Å². The van der Waals surface area contributed by atoms with E-state index in [2.05, 4.69) is 18.7 Å². The number of anilines is 2. The molecule has 5 heteroatoms. The normalized spacial score (nSPS) is 19.6. The number of halogens is 1. The van der Waals surface area contributed by atoms with Gasteiger partial charge < -0.3 is 15.7 Å². The molecule has 21 heavy (non-hydrogen) atoms. The smallest absolute Gasteiger partial charge is 0.337 e. The van der Waals surface area contributed by atoms with E-state index < -0.39 is 5.97 Å². The van der Waals surface area contributed by atoms with Crippen molar-refractivity contribution in [2.75, 3.05) is 23.7 Å². The first-order valence-electron chi connectivity index (χ1n) is 7.47. The summed E-state index contributed by atoms with van der Waals surface area (Å²) < 4.78 is 0. The molecule has 1 aromatic rings. The third-order valence-electron chi connectivity index (χ3n) is 4.35. The Bertz CT molecular complexity index is 531. The van der Waals surface area contributed by atoms with Crippen LogP contribution in [-0.4, -0.2) is 24.2 Å². The summed E-state index contributed by atoms with van der Waals surface area (Å²) in [5.74, 6) is 0.366. The maximum atomic E-state index is 11.5. The molecule has 0 saturated carbocycles. The highest BCUT2D eigenvalue weighted by Gasteiger charge is 2.24. The van der Waals surface area contributed by atoms with Gasteiger partial charge in [0.05, 0.1) is 16.3 Å². The average molecular weight is 311 g/mol. The van der Waals surface area contributed by atoms with Gasteiger partial charge in [-0.2, -0.15) is 0 Å². The lowest BCUT2D eigenvalue weighted by atomic mass is 9.89. The van der Waals surface area contributed by atoms with Crippen molar-refractivity contribution in [3.63, 3.8) is 0 Å². The van der Waals surface area contributed by atoms with E-state index in [1.165, 1.54) is 12.5 Å². The number of aromatic carboxylic acids is 1. The number of benzene rings is 1. The summed E-state index contributed by atoms with van der Waals surface area (Å²) >= 11 is 6.28. The number of hydrogen-bond donors (Lipinski definition) is 2. The molecule has 1 heterocycles. The minimum Gasteiger partial charge on any atom is -0.478 e. The van der Waals surface area contributed by atoms with E-state index in [1.807, 2.05) is 0 Å². The van der Waals surface area contributed by atoms with Gasteiger partial charge in [0.25, 0.3) is 0 Å². The molecule has 1 atom stereocenters. The molecular weight excluding hydrogens is 288 g/mol. The zero-order chi connectivity index (χ0) is 15.6. The largest absolute Gasteiger partial charge is 0.478 e. The van der Waals surface area contributed by atoms with Gasteiger partial charge in [-0.3, -0.25) is 0 Å². The molecule has 0 amide bonds. The molecule has 0 radical (unpaired) electrons. The molecule has 0 spiro atoms. The zero-order valence-electron chi connectivity index (χ0n) is 12.6. The predicted octanol–water partition coefficient (Wildman–Crippen LogP) is 3.88. The van der Waals surface area contributed by atoms with Gasteiger partial charge in [0.15, 0.2) is 0 Å². The van der Waals surface area contributed by atoms with Gasteiger partial charge in [-0.15, -0.1) is 0 Å². The highest BCUT2D eigenvalue weighted by Crippen LogP contribution is 2.35. The van der Waals surface area contributed by atoms with Crippen LogP contribution in [0.25, 0.3) is 0 Å². The number of carboxylic acid groups (broad SMARTS) is 1. The lowest BCUT2D eigenvalue weighted by Gasteiger charge is -2.26. The molecule has 1 fully saturated rings. The molecule has 1 saturated heterocycles. The summed E-state index contributed by atoms with van der Waals surface area (Å²) in [6, 6.07) is 3.13. The molecular formula is C16H23ClN2O2. The molecule has 3 N–H and O–H groups in total. The Balaban J connectivity index is 2.31. The van der Waals surface area contributed by atoms with Crippen LogP contribution in [0.5, 0.6) is 0 Å². The van der Waals surface area contributed by atoms with Crippen LogP contribution in [-0.2, 0) is 0 Å². The molecule has 1 aliphatic rings. The SMILES string of the molecule is CC(C)C1CCCN(c2c(Cl)cc(N)cc2C(=O)O)CC1. The fourth-order valence-corrected chi connectivity index (χ4v) is 3.46. The van der Waals surface area contributed by atoms with Crippen molar-refractivity contribution in [2.24, 2.45) is 11.8 Å². The molecule has 0 aliphatic carbocycles. The van der Waals surface area contributed by atoms with Crippen molar-refractivity contribution in [3.05, 3.63) is 22.7 Å². The highest BCUT2D eigenvalue weighted by atomic mass is 35.5. The number of hydrogen-bond acceptors (Lipinski definition) is 3. The van der Waals surface area contributed by atoms with E-state index >= 15 is 0 Å². The van der Waals surface area contributed by atoms with Crippen molar-refractivity contribution in [3.8, 4) is 0 Å². The number of nitrogen functional groups attached to an aromatic ring is 1. The second-order valence-electron chi connectivity index (χ2n) is 6.13. The fraction of sp³-hybridized carbons (Fsp3) is 0.562. The summed E-state index contributed by atoms with van der Waals surface area (Å²) in [5.41, 5.74) is 6.92. The minimum absolute atomic E-state index is 0.197. The third-order valence-corrected chi connectivity index (χ3v) is 4.64. The lowest BCUT2D eigenvalue weighted by molar-refractivity contribution is 0.0697. The van der Waals surface area contributed by atoms with Gasteiger partial charge in [-0.05, 0) is 43.2 Å². The first-order chi connectivity index (χ1) is 9.90. The molecule has 1 unspecified atom stereocenters. The molecule has 0 bridgehead atoms. The van der Waals surface area contributed by atoms with Gasteiger partial charge in [0, 0.05) is 18.8 Å². The number of carbonyl (C=O) groups is 1. The topological polar surface area (TPSA) is 66.6 Å². The zero-order valence-corrected chi connectivity index (χ0v) is 13.4. The number of carboxylic acids is 1. The first-order valence-corrected chi connectivity index (χ1v) is 7.85. The molecule has 2 rings (SSSR count). The molecule has 116 valence electrons. The van der Waals surface area contributed by atoms with Crippen molar-refractivity contribution in [1.29, 1.82) is 0 Å². The summed E-state index contributed by atoms with van der Waals surface area (Å²) in [7, 11) is 0. The second kappa shape index (κ2) is 6.56. The van der Waals surface area contributed by atoms with Gasteiger partial charge in [0.2, 0.25) is 0 Å². The van der Waals surface area contributed by atoms with E-state index in [9.17, 15) is 9.90 Å². The van der Waals surface area contributed by atoms with Crippen molar-refractivity contribution in [2.45, 2.75) is 33.1 Å². The Morgan fingerprint density at radius 3 is 2.71 bits per heavy atom. The van der Waals surface area contributed by atoms with E-state index in [4.69, 9.17) is 17.3 Å². The summed E-state index contributed by atoms with van der Waals surface area (Å²) in [6.07, 6.45) is 3.31. The summed E-state index contributed by atoms with van der Waals surface area (Å²) in [6.45, 7) is 6.18. The van der Waals surface area contributed by atoms with Crippen LogP contribution in [0.4, 0.5) is 11.4 Å². The number of nitrogens with zero attached hydrogens (tertiary/aromatic N) is 1. The number of nitrogens with two attached hydrogens (primary N) is 1. The minimum atomic E-state index is -0.983. The van der Waals surface area contributed by atoms with Crippen LogP contribution in [0.15, 0.2) is 12.1 Å². The second-order valence-corrected chi connectivity index (χ2v) is 6.53. The maximum absolute atomic E-state index is 11.5. The van der Waals surface area contributed by atoms with Crippen molar-refractivity contribution in [1.82, 2.24) is 0 Å². The Kier molecular flexibility index (Phi) is 4.99. The van der Waals surface area contributed by atoms with Crippen LogP contribution < -0.4 is 10.6 Å². The Hall–Kier alpha value is -1.42. The quantitative estimate of drug-likeness (QED) is 0.831. The lowest BCUT2D eigenvalue weighted by Crippen LogP contribution is -2.27. The van der Waals surface area contributed by atoms with Crippen LogP contribution in [0.3, 0.4) is 0 Å². The Morgan fingerprint density at radius 1 is 1.38 bits per heavy atom. The molecule has 4 nitrogen and oxygen atoms in total. The standard InChI is InChI=1S/C16H23ClN2O2/c1-10(2)11-4-3-6-19(7-5-11)15-13(16(20)21)8-12(18)9-14(15)17/h8-11H,3-7,18H2,1-2H3,(H,20,21). The van der Waals surface area contributed by atoms with Crippen LogP contribution in [0, 0.1) is 11.8 Å². The molecule has 1 aromatic carbocycles. The third kappa shape index (κ3) is 3.62. The Labute approximate surface area is 130 Å². The fourth-order valence-electron chi connectivity index (χ4n) is 3.12. The van der Waals surface area contributed by atoms with Gasteiger partial charge in [-0.25, -0.2) is 4.79 Å². The van der Waals surface area contributed by atoms with Gasteiger partial charge >= 0.3 is 5.97 Å². The van der Waals surface area contributed by atoms with E-state index in [0.717, 1.165) is 25.9 Å². The first kappa shape index (κ1) is 16.0. The van der Waals surface area contributed by atoms with E-state index in [1.54, 1.807) is 6.07 Å². The summed E-state index contributed by atoms with van der Waals surface area (Å²) in [5, 5.41) is 9.84. The van der Waals surface area contributed by atoms with Gasteiger partial charge in [0.1, 0.15) is 0 Å². The molecule has 1 aliphatic heterocycles. The highest BCUT2D eigenvalue weighted by molar-refractivity contribution is 6.34. The van der Waals surface area contributed by atoms with Crippen LogP contribution >= 0.6 is 11.6 Å². The van der Waals surface area contributed by atoms with Crippen LogP contribution in [0.2, 0.25) is 5.02 Å². The van der Waals surface area contributed by atoms with Crippen molar-refractivity contribution < 1.29 is 9.90 Å². The summed E-state index contributed by atoms with van der Waals surface area (Å²) in [4.78, 5) is 13.6. The Morgan fingerprint density at radius 2 is 2.10 bits per heavy atom. The predicted molar refractivity (Wildman–Crippen MR) is 87.2 cm³/mol. The maximum Gasteiger partial charge on any atom is 0.337 e. The molecule has 0 aromatic heterocycles. The average Bonchev–Trinajstić information content (AvgIpc) is 2.63. The van der Waals surface area contributed by atoms with E-state index in [-0.39, 0.29) is 5.56 Å². The van der Waals surface area contributed by atoms with Crippen LogP contribution in [0.1, 0.15) is 43.5 Å². The number of rotatable bonds is 3. The van der Waals surface area contributed by atoms with Gasteiger partial charge in [-0.1, -0.05) is 25.4 Å². The monoisotopic (exact) mass is 310 g/mol. The van der Waals surface area contributed by atoms with E-state index in [0.29, 0.717) is 28.2 Å².